The highest BCUT2D eigenvalue weighted by Crippen LogP contribution is 2.34. The number of hydrogen-bond donors (Lipinski definition) is 1. The van der Waals surface area contributed by atoms with Crippen LogP contribution >= 0.6 is 11.8 Å². The number of carbonyl (C=O) groups is 1. The van der Waals surface area contributed by atoms with E-state index in [1.165, 1.54) is 11.8 Å². The smallest absolute Gasteiger partial charge is 0.223 e. The Morgan fingerprint density at radius 2 is 2.12 bits per heavy atom. The van der Waals surface area contributed by atoms with Gasteiger partial charge in [0.1, 0.15) is 5.75 Å². The van der Waals surface area contributed by atoms with Crippen molar-refractivity contribution in [3.63, 3.8) is 0 Å². The van der Waals surface area contributed by atoms with Crippen LogP contribution in [0.2, 0.25) is 0 Å². The molecule has 16 heavy (non-hydrogen) atoms. The van der Waals surface area contributed by atoms with Crippen molar-refractivity contribution in [2.45, 2.75) is 13.3 Å². The van der Waals surface area contributed by atoms with E-state index in [1.807, 2.05) is 19.1 Å². The van der Waals surface area contributed by atoms with Crippen LogP contribution in [-0.2, 0) is 4.79 Å². The number of phenolic OH excluding ortho intramolecular Hbond substituents is 1. The largest absolute Gasteiger partial charge is 0.507 e. The molecule has 0 spiro atoms. The second-order valence-electron chi connectivity index (χ2n) is 3.51. The first-order valence-electron chi connectivity index (χ1n) is 5.13. The standard InChI is InChI=1S/C13H12O2S/c1-2-11-8-10(13(15)16-11)7-9-5-3-4-6-12(9)14/h3-8,14H,2H2,1H3/b10-7-. The summed E-state index contributed by atoms with van der Waals surface area (Å²) in [5.41, 5.74) is 1.34. The van der Waals surface area contributed by atoms with Crippen LogP contribution in [0.5, 0.6) is 5.75 Å². The Bertz CT molecular complexity index is 486. The average molecular weight is 232 g/mol. The molecule has 1 aromatic carbocycles. The van der Waals surface area contributed by atoms with Gasteiger partial charge in [-0.2, -0.15) is 0 Å². The van der Waals surface area contributed by atoms with E-state index in [4.69, 9.17) is 0 Å². The van der Waals surface area contributed by atoms with E-state index in [-0.39, 0.29) is 10.9 Å². The van der Waals surface area contributed by atoms with Crippen LogP contribution in [0.3, 0.4) is 0 Å². The number of hydrogen-bond acceptors (Lipinski definition) is 3. The van der Waals surface area contributed by atoms with Gasteiger partial charge in [-0.15, -0.1) is 0 Å². The van der Waals surface area contributed by atoms with Gasteiger partial charge in [-0.05, 0) is 29.5 Å². The van der Waals surface area contributed by atoms with E-state index >= 15 is 0 Å². The van der Waals surface area contributed by atoms with Crippen molar-refractivity contribution in [3.8, 4) is 5.75 Å². The first-order chi connectivity index (χ1) is 7.70. The molecule has 82 valence electrons. The van der Waals surface area contributed by atoms with Crippen LogP contribution in [0, 0.1) is 0 Å². The third-order valence-electron chi connectivity index (χ3n) is 2.37. The lowest BCUT2D eigenvalue weighted by atomic mass is 10.1. The highest BCUT2D eigenvalue weighted by molar-refractivity contribution is 8.17. The molecule has 0 amide bonds. The van der Waals surface area contributed by atoms with E-state index in [2.05, 4.69) is 0 Å². The number of carbonyl (C=O) groups excluding carboxylic acids is 1. The van der Waals surface area contributed by atoms with E-state index in [9.17, 15) is 9.90 Å². The third kappa shape index (κ3) is 2.19. The summed E-state index contributed by atoms with van der Waals surface area (Å²) in [5, 5.41) is 9.65. The molecule has 3 heteroatoms. The van der Waals surface area contributed by atoms with Crippen LogP contribution < -0.4 is 0 Å². The van der Waals surface area contributed by atoms with Crippen molar-refractivity contribution in [1.82, 2.24) is 0 Å². The molecular weight excluding hydrogens is 220 g/mol. The molecule has 0 unspecified atom stereocenters. The van der Waals surface area contributed by atoms with Crippen molar-refractivity contribution in [2.24, 2.45) is 0 Å². The van der Waals surface area contributed by atoms with Gasteiger partial charge in [0, 0.05) is 11.1 Å². The van der Waals surface area contributed by atoms with Crippen LogP contribution in [0.15, 0.2) is 40.8 Å². The monoisotopic (exact) mass is 232 g/mol. The van der Waals surface area contributed by atoms with Crippen molar-refractivity contribution in [3.05, 3.63) is 46.4 Å². The maximum absolute atomic E-state index is 11.6. The Morgan fingerprint density at radius 1 is 1.38 bits per heavy atom. The van der Waals surface area contributed by atoms with E-state index in [0.29, 0.717) is 11.1 Å². The second kappa shape index (κ2) is 4.58. The number of rotatable bonds is 2. The van der Waals surface area contributed by atoms with Crippen molar-refractivity contribution < 1.29 is 9.90 Å². The van der Waals surface area contributed by atoms with Gasteiger partial charge < -0.3 is 5.11 Å². The summed E-state index contributed by atoms with van der Waals surface area (Å²) in [6, 6.07) is 7.00. The SMILES string of the molecule is CCC1=C/C(=C/c2ccccc2O)C(=O)S1. The van der Waals surface area contributed by atoms with Gasteiger partial charge in [0.15, 0.2) is 0 Å². The summed E-state index contributed by atoms with van der Waals surface area (Å²) < 4.78 is 0. The lowest BCUT2D eigenvalue weighted by Gasteiger charge is -1.98. The fourth-order valence-electron chi connectivity index (χ4n) is 1.49. The lowest BCUT2D eigenvalue weighted by Crippen LogP contribution is -1.87. The summed E-state index contributed by atoms with van der Waals surface area (Å²) in [7, 11) is 0. The van der Waals surface area contributed by atoms with Gasteiger partial charge >= 0.3 is 0 Å². The van der Waals surface area contributed by atoms with Gasteiger partial charge in [-0.1, -0.05) is 36.9 Å². The van der Waals surface area contributed by atoms with Crippen LogP contribution in [0.25, 0.3) is 6.08 Å². The molecule has 0 aromatic heterocycles. The average Bonchev–Trinajstić information content (AvgIpc) is 2.63. The predicted octanol–water partition coefficient (Wildman–Crippen LogP) is 3.34. The van der Waals surface area contributed by atoms with Gasteiger partial charge in [0.2, 0.25) is 5.12 Å². The molecule has 1 aliphatic rings. The lowest BCUT2D eigenvalue weighted by molar-refractivity contribution is -0.107. The number of para-hydroxylation sites is 1. The van der Waals surface area contributed by atoms with E-state index < -0.39 is 0 Å². The first kappa shape index (κ1) is 11.0. The van der Waals surface area contributed by atoms with Gasteiger partial charge in [-0.3, -0.25) is 4.79 Å². The topological polar surface area (TPSA) is 37.3 Å². The maximum atomic E-state index is 11.6. The van der Waals surface area contributed by atoms with Gasteiger partial charge in [0.25, 0.3) is 0 Å². The minimum Gasteiger partial charge on any atom is -0.507 e. The Labute approximate surface area is 98.7 Å². The Balaban J connectivity index is 2.35. The summed E-state index contributed by atoms with van der Waals surface area (Å²) in [6.07, 6.45) is 4.49. The molecule has 0 fully saturated rings. The second-order valence-corrected chi connectivity index (χ2v) is 4.61. The third-order valence-corrected chi connectivity index (χ3v) is 3.46. The molecule has 1 N–H and O–H groups in total. The van der Waals surface area contributed by atoms with Crippen LogP contribution in [0.1, 0.15) is 18.9 Å². The summed E-state index contributed by atoms with van der Waals surface area (Å²) >= 11 is 1.27. The number of thioether (sulfide) groups is 1. The zero-order chi connectivity index (χ0) is 11.5. The minimum atomic E-state index is 0.0557. The molecule has 0 bridgehead atoms. The molecule has 0 radical (unpaired) electrons. The molecule has 0 saturated carbocycles. The predicted molar refractivity (Wildman–Crippen MR) is 67.1 cm³/mol. The number of phenols is 1. The highest BCUT2D eigenvalue weighted by atomic mass is 32.2. The molecule has 1 aliphatic heterocycles. The minimum absolute atomic E-state index is 0.0557. The summed E-state index contributed by atoms with van der Waals surface area (Å²) in [4.78, 5) is 12.7. The fourth-order valence-corrected chi connectivity index (χ4v) is 2.30. The number of allylic oxidation sites excluding steroid dienone is 2. The van der Waals surface area contributed by atoms with Gasteiger partial charge in [0.05, 0.1) is 0 Å². The molecule has 2 nitrogen and oxygen atoms in total. The maximum Gasteiger partial charge on any atom is 0.223 e. The molecule has 0 aliphatic carbocycles. The first-order valence-corrected chi connectivity index (χ1v) is 5.95. The van der Waals surface area contributed by atoms with Gasteiger partial charge in [-0.25, -0.2) is 0 Å². The van der Waals surface area contributed by atoms with Crippen molar-refractivity contribution in [2.75, 3.05) is 0 Å². The van der Waals surface area contributed by atoms with Crippen LogP contribution in [0.4, 0.5) is 0 Å². The molecule has 0 atom stereocenters. The number of benzene rings is 1. The Hall–Kier alpha value is -1.48. The van der Waals surface area contributed by atoms with Crippen LogP contribution in [-0.4, -0.2) is 10.2 Å². The number of aromatic hydroxyl groups is 1. The molecular formula is C13H12O2S. The zero-order valence-electron chi connectivity index (χ0n) is 8.93. The Kier molecular flexibility index (Phi) is 3.15. The molecule has 1 aromatic rings. The van der Waals surface area contributed by atoms with E-state index in [0.717, 1.165) is 11.3 Å². The zero-order valence-corrected chi connectivity index (χ0v) is 9.75. The molecule has 0 saturated heterocycles. The van der Waals surface area contributed by atoms with Crippen molar-refractivity contribution >= 4 is 23.0 Å². The van der Waals surface area contributed by atoms with E-state index in [1.54, 1.807) is 24.3 Å². The summed E-state index contributed by atoms with van der Waals surface area (Å²) in [6.45, 7) is 2.02. The normalized spacial score (nSPS) is 17.9. The van der Waals surface area contributed by atoms with Crippen molar-refractivity contribution in [1.29, 1.82) is 0 Å². The highest BCUT2D eigenvalue weighted by Gasteiger charge is 2.18. The Morgan fingerprint density at radius 3 is 2.75 bits per heavy atom. The molecule has 2 rings (SSSR count). The summed E-state index contributed by atoms with van der Waals surface area (Å²) in [5.74, 6) is 0.200. The quantitative estimate of drug-likeness (QED) is 0.794. The fraction of sp³-hybridized carbons (Fsp3) is 0.154. The molecule has 1 heterocycles.